The minimum absolute atomic E-state index is 0.0101. The summed E-state index contributed by atoms with van der Waals surface area (Å²) in [6, 6.07) is 17.9. The van der Waals surface area contributed by atoms with E-state index in [9.17, 15) is 24.5 Å². The molecule has 0 aliphatic carbocycles. The van der Waals surface area contributed by atoms with Gasteiger partial charge in [0.15, 0.2) is 0 Å². The average Bonchev–Trinajstić information content (AvgIpc) is 3.06. The number of benzene rings is 2. The number of esters is 1. The molecule has 8 heteroatoms. The summed E-state index contributed by atoms with van der Waals surface area (Å²) in [5.41, 5.74) is -0.902. The minimum Gasteiger partial charge on any atom is -0.464 e. The fourth-order valence-electron chi connectivity index (χ4n) is 3.75. The molecule has 31 heavy (non-hydrogen) atoms. The molecule has 1 fully saturated rings. The van der Waals surface area contributed by atoms with Gasteiger partial charge in [-0.05, 0) is 11.1 Å². The standard InChI is InChI=1S/C23H22N2O6/c1-31-22(28)23(25(29)30,14-8-13-17-9-4-2-5-10-17)19-15-20(26)24(21(19)27)16-18-11-6-3-7-12-18/h2-13,19H,14-16H2,1H3/b13-8-/t19-,23+/m1/s1. The summed E-state index contributed by atoms with van der Waals surface area (Å²) in [6.45, 7) is -0.0101. The molecule has 2 aromatic rings. The van der Waals surface area contributed by atoms with Crippen molar-refractivity contribution >= 4 is 23.9 Å². The zero-order valence-corrected chi connectivity index (χ0v) is 17.0. The summed E-state index contributed by atoms with van der Waals surface area (Å²) < 4.78 is 4.73. The molecule has 0 radical (unpaired) electrons. The molecule has 1 heterocycles. The molecule has 0 bridgehead atoms. The highest BCUT2D eigenvalue weighted by Gasteiger charge is 2.64. The quantitative estimate of drug-likeness (QED) is 0.280. The number of likely N-dealkylation sites (tertiary alicyclic amines) is 1. The summed E-state index contributed by atoms with van der Waals surface area (Å²) >= 11 is 0. The van der Waals surface area contributed by atoms with Gasteiger partial charge in [0.1, 0.15) is 5.92 Å². The summed E-state index contributed by atoms with van der Waals surface area (Å²) in [6.07, 6.45) is 2.28. The first-order valence-electron chi connectivity index (χ1n) is 9.72. The van der Waals surface area contributed by atoms with Crippen LogP contribution in [0.1, 0.15) is 24.0 Å². The zero-order valence-electron chi connectivity index (χ0n) is 17.0. The smallest absolute Gasteiger partial charge is 0.385 e. The highest BCUT2D eigenvalue weighted by atomic mass is 16.6. The van der Waals surface area contributed by atoms with Crippen LogP contribution in [0.2, 0.25) is 0 Å². The van der Waals surface area contributed by atoms with Gasteiger partial charge in [-0.2, -0.15) is 0 Å². The Morgan fingerprint density at radius 1 is 1.16 bits per heavy atom. The van der Waals surface area contributed by atoms with Gasteiger partial charge in [-0.3, -0.25) is 24.6 Å². The Hall–Kier alpha value is -3.81. The van der Waals surface area contributed by atoms with E-state index in [4.69, 9.17) is 4.74 Å². The Kier molecular flexibility index (Phi) is 6.59. The molecule has 2 amide bonds. The van der Waals surface area contributed by atoms with Gasteiger partial charge in [-0.25, -0.2) is 4.79 Å². The van der Waals surface area contributed by atoms with Crippen molar-refractivity contribution in [2.45, 2.75) is 24.9 Å². The first kappa shape index (κ1) is 21.9. The molecule has 8 nitrogen and oxygen atoms in total. The summed E-state index contributed by atoms with van der Waals surface area (Å²) in [7, 11) is 1.03. The third-order valence-electron chi connectivity index (χ3n) is 5.41. The van der Waals surface area contributed by atoms with Crippen LogP contribution in [-0.2, 0) is 25.7 Å². The molecule has 2 aromatic carbocycles. The fraction of sp³-hybridized carbons (Fsp3) is 0.261. The lowest BCUT2D eigenvalue weighted by Gasteiger charge is -2.26. The lowest BCUT2D eigenvalue weighted by atomic mass is 9.80. The van der Waals surface area contributed by atoms with Crippen molar-refractivity contribution in [1.82, 2.24) is 4.90 Å². The second kappa shape index (κ2) is 9.34. The van der Waals surface area contributed by atoms with Gasteiger partial charge < -0.3 is 4.74 Å². The van der Waals surface area contributed by atoms with E-state index in [2.05, 4.69) is 0 Å². The zero-order chi connectivity index (χ0) is 22.4. The number of imide groups is 1. The summed E-state index contributed by atoms with van der Waals surface area (Å²) in [5.74, 6) is -3.90. The summed E-state index contributed by atoms with van der Waals surface area (Å²) in [5, 5.41) is 12.2. The normalized spacial score (nSPS) is 18.2. The third-order valence-corrected chi connectivity index (χ3v) is 5.41. The van der Waals surface area contributed by atoms with E-state index in [0.29, 0.717) is 5.56 Å². The molecule has 1 aliphatic heterocycles. The number of methoxy groups -OCH3 is 1. The molecular formula is C23H22N2O6. The van der Waals surface area contributed by atoms with Crippen LogP contribution in [0.4, 0.5) is 0 Å². The van der Waals surface area contributed by atoms with Crippen molar-refractivity contribution in [3.8, 4) is 0 Å². The molecule has 0 N–H and O–H groups in total. The van der Waals surface area contributed by atoms with E-state index in [1.54, 1.807) is 60.7 Å². The molecule has 1 aliphatic rings. The molecule has 0 aromatic heterocycles. The van der Waals surface area contributed by atoms with Gasteiger partial charge >= 0.3 is 11.5 Å². The average molecular weight is 422 g/mol. The Bertz CT molecular complexity index is 1010. The molecule has 3 rings (SSSR count). The lowest BCUT2D eigenvalue weighted by molar-refractivity contribution is -0.561. The van der Waals surface area contributed by atoms with Gasteiger partial charge in [0.05, 0.1) is 13.7 Å². The number of rotatable bonds is 8. The van der Waals surface area contributed by atoms with Crippen molar-refractivity contribution in [3.63, 3.8) is 0 Å². The predicted molar refractivity (Wildman–Crippen MR) is 112 cm³/mol. The predicted octanol–water partition coefficient (Wildman–Crippen LogP) is 2.85. The van der Waals surface area contributed by atoms with Gasteiger partial charge in [-0.1, -0.05) is 72.8 Å². The van der Waals surface area contributed by atoms with Crippen LogP contribution in [0.3, 0.4) is 0 Å². The van der Waals surface area contributed by atoms with Crippen molar-refractivity contribution in [3.05, 3.63) is 88.0 Å². The van der Waals surface area contributed by atoms with Crippen LogP contribution in [0, 0.1) is 16.0 Å². The van der Waals surface area contributed by atoms with Gasteiger partial charge in [-0.15, -0.1) is 0 Å². The van der Waals surface area contributed by atoms with E-state index in [1.165, 1.54) is 6.08 Å². The Morgan fingerprint density at radius 3 is 2.35 bits per heavy atom. The van der Waals surface area contributed by atoms with Crippen LogP contribution in [0.5, 0.6) is 0 Å². The molecule has 0 saturated carbocycles. The van der Waals surface area contributed by atoms with E-state index in [1.807, 2.05) is 6.07 Å². The largest absolute Gasteiger partial charge is 0.464 e. The molecular weight excluding hydrogens is 400 g/mol. The fourth-order valence-corrected chi connectivity index (χ4v) is 3.75. The van der Waals surface area contributed by atoms with Crippen LogP contribution in [0.25, 0.3) is 6.08 Å². The van der Waals surface area contributed by atoms with Crippen LogP contribution in [0.15, 0.2) is 66.7 Å². The van der Waals surface area contributed by atoms with E-state index < -0.39 is 40.6 Å². The molecule has 0 spiro atoms. The second-order valence-electron chi connectivity index (χ2n) is 7.25. The monoisotopic (exact) mass is 422 g/mol. The number of carbonyl (C=O) groups is 3. The topological polar surface area (TPSA) is 107 Å². The number of amides is 2. The van der Waals surface area contributed by atoms with Gasteiger partial charge in [0, 0.05) is 17.8 Å². The number of carbonyl (C=O) groups excluding carboxylic acids is 3. The Balaban J connectivity index is 1.92. The number of hydrogen-bond acceptors (Lipinski definition) is 6. The lowest BCUT2D eigenvalue weighted by Crippen LogP contribution is -2.55. The highest BCUT2D eigenvalue weighted by Crippen LogP contribution is 2.37. The summed E-state index contributed by atoms with van der Waals surface area (Å²) in [4.78, 5) is 50.7. The molecule has 2 atom stereocenters. The first-order chi connectivity index (χ1) is 14.9. The van der Waals surface area contributed by atoms with E-state index in [-0.39, 0.29) is 13.0 Å². The number of hydrogen-bond donors (Lipinski definition) is 0. The minimum atomic E-state index is -2.39. The van der Waals surface area contributed by atoms with Crippen molar-refractivity contribution in [2.75, 3.05) is 7.11 Å². The number of nitrogens with zero attached hydrogens (tertiary/aromatic N) is 2. The molecule has 0 unspecified atom stereocenters. The molecule has 1 saturated heterocycles. The van der Waals surface area contributed by atoms with Crippen molar-refractivity contribution in [2.24, 2.45) is 5.92 Å². The maximum absolute atomic E-state index is 13.1. The van der Waals surface area contributed by atoms with Crippen LogP contribution < -0.4 is 0 Å². The van der Waals surface area contributed by atoms with Gasteiger partial charge in [0.2, 0.25) is 11.8 Å². The van der Waals surface area contributed by atoms with Crippen LogP contribution in [-0.4, -0.2) is 40.3 Å². The van der Waals surface area contributed by atoms with Gasteiger partial charge in [0.25, 0.3) is 0 Å². The first-order valence-corrected chi connectivity index (χ1v) is 9.72. The van der Waals surface area contributed by atoms with E-state index >= 15 is 0 Å². The number of nitro groups is 1. The van der Waals surface area contributed by atoms with E-state index in [0.717, 1.165) is 17.6 Å². The van der Waals surface area contributed by atoms with Crippen molar-refractivity contribution in [1.29, 1.82) is 0 Å². The number of ether oxygens (including phenoxy) is 1. The Labute approximate surface area is 179 Å². The van der Waals surface area contributed by atoms with Crippen LogP contribution >= 0.6 is 0 Å². The van der Waals surface area contributed by atoms with Crippen molar-refractivity contribution < 1.29 is 24.0 Å². The second-order valence-corrected chi connectivity index (χ2v) is 7.25. The molecule has 160 valence electrons. The SMILES string of the molecule is COC(=O)[C@](C/C=C\c1ccccc1)([C@@H]1CC(=O)N(Cc2ccccc2)C1=O)[N+](=O)[O-]. The third kappa shape index (κ3) is 4.37. The maximum Gasteiger partial charge on any atom is 0.385 e. The Morgan fingerprint density at radius 2 is 1.77 bits per heavy atom. The highest BCUT2D eigenvalue weighted by molar-refractivity contribution is 6.06. The maximum atomic E-state index is 13.1.